The lowest BCUT2D eigenvalue weighted by atomic mass is 10.2. The molecule has 24 heavy (non-hydrogen) atoms. The van der Waals surface area contributed by atoms with Gasteiger partial charge in [-0.3, -0.25) is 4.99 Å². The third kappa shape index (κ3) is 3.81. The van der Waals surface area contributed by atoms with Crippen molar-refractivity contribution in [3.63, 3.8) is 0 Å². The zero-order chi connectivity index (χ0) is 17.1. The highest BCUT2D eigenvalue weighted by molar-refractivity contribution is 9.10. The molecule has 2 heterocycles. The van der Waals surface area contributed by atoms with Gasteiger partial charge in [0, 0.05) is 26.0 Å². The normalized spacial score (nSPS) is 13.2. The molecule has 1 aromatic heterocycles. The van der Waals surface area contributed by atoms with Gasteiger partial charge < -0.3 is 19.7 Å². The first-order chi connectivity index (χ1) is 11.6. The molecule has 1 aliphatic rings. The van der Waals surface area contributed by atoms with Crippen molar-refractivity contribution in [2.45, 2.75) is 20.0 Å². The van der Waals surface area contributed by atoms with Crippen LogP contribution >= 0.6 is 27.3 Å². The van der Waals surface area contributed by atoms with Crippen molar-refractivity contribution in [3.8, 4) is 11.5 Å². The number of aryl methyl sites for hydroxylation is 1. The highest BCUT2D eigenvalue weighted by Crippen LogP contribution is 2.39. The number of hydrogen-bond donors (Lipinski definition) is 1. The van der Waals surface area contributed by atoms with Crippen molar-refractivity contribution in [1.82, 2.24) is 15.2 Å². The standard InChI is InChI=1S/C16H19BrN4O2S/c1-10-20-12(8-24-10)7-21(3)16(18-2)19-6-11-4-13(17)15-14(5-11)22-9-23-15/h4-5,8H,6-7,9H2,1-3H3,(H,18,19). The van der Waals surface area contributed by atoms with Crippen LogP contribution in [-0.4, -0.2) is 36.7 Å². The Hall–Kier alpha value is -1.80. The SMILES string of the molecule is CN=C(NCc1cc(Br)c2c(c1)OCO2)N(C)Cc1csc(C)n1. The molecule has 0 spiro atoms. The highest BCUT2D eigenvalue weighted by atomic mass is 79.9. The summed E-state index contributed by atoms with van der Waals surface area (Å²) < 4.78 is 11.8. The zero-order valence-electron chi connectivity index (χ0n) is 13.8. The second-order valence-electron chi connectivity index (χ2n) is 5.43. The van der Waals surface area contributed by atoms with E-state index in [2.05, 4.69) is 41.5 Å². The summed E-state index contributed by atoms with van der Waals surface area (Å²) in [6, 6.07) is 4.01. The van der Waals surface area contributed by atoms with Gasteiger partial charge in [-0.15, -0.1) is 11.3 Å². The zero-order valence-corrected chi connectivity index (χ0v) is 16.2. The maximum atomic E-state index is 5.45. The Balaban J connectivity index is 1.63. The summed E-state index contributed by atoms with van der Waals surface area (Å²) in [5, 5.41) is 6.52. The molecule has 1 aromatic carbocycles. The van der Waals surface area contributed by atoms with Gasteiger partial charge in [0.15, 0.2) is 17.5 Å². The first-order valence-corrected chi connectivity index (χ1v) is 9.15. The van der Waals surface area contributed by atoms with Crippen molar-refractivity contribution in [3.05, 3.63) is 38.3 Å². The second kappa shape index (κ2) is 7.40. The molecule has 0 aliphatic carbocycles. The quantitative estimate of drug-likeness (QED) is 0.619. The molecule has 0 unspecified atom stereocenters. The topological polar surface area (TPSA) is 59.0 Å². The first-order valence-electron chi connectivity index (χ1n) is 7.47. The molecule has 0 atom stereocenters. The van der Waals surface area contributed by atoms with E-state index in [1.165, 1.54) is 0 Å². The molecule has 1 aliphatic heterocycles. The Morgan fingerprint density at radius 2 is 2.29 bits per heavy atom. The average molecular weight is 411 g/mol. The fraction of sp³-hybridized carbons (Fsp3) is 0.375. The fourth-order valence-corrected chi connectivity index (χ4v) is 3.70. The van der Waals surface area contributed by atoms with Crippen molar-refractivity contribution in [2.75, 3.05) is 20.9 Å². The second-order valence-corrected chi connectivity index (χ2v) is 7.34. The van der Waals surface area contributed by atoms with E-state index in [1.807, 2.05) is 26.1 Å². The molecule has 8 heteroatoms. The lowest BCUT2D eigenvalue weighted by Crippen LogP contribution is -2.38. The Bertz CT molecular complexity index is 763. The number of fused-ring (bicyclic) bond motifs is 1. The number of guanidine groups is 1. The molecule has 0 saturated heterocycles. The number of rotatable bonds is 4. The summed E-state index contributed by atoms with van der Waals surface area (Å²) in [4.78, 5) is 10.9. The van der Waals surface area contributed by atoms with Gasteiger partial charge in [-0.1, -0.05) is 0 Å². The molecular weight excluding hydrogens is 392 g/mol. The van der Waals surface area contributed by atoms with Crippen molar-refractivity contribution < 1.29 is 9.47 Å². The monoisotopic (exact) mass is 410 g/mol. The minimum absolute atomic E-state index is 0.266. The third-order valence-corrected chi connectivity index (χ3v) is 4.99. The van der Waals surface area contributed by atoms with Gasteiger partial charge in [0.1, 0.15) is 0 Å². The number of thiazole rings is 1. The molecule has 3 rings (SSSR count). The van der Waals surface area contributed by atoms with E-state index in [0.29, 0.717) is 6.54 Å². The fourth-order valence-electron chi connectivity index (χ4n) is 2.49. The van der Waals surface area contributed by atoms with Crippen LogP contribution in [0.4, 0.5) is 0 Å². The molecule has 1 N–H and O–H groups in total. The maximum Gasteiger partial charge on any atom is 0.231 e. The highest BCUT2D eigenvalue weighted by Gasteiger charge is 2.18. The summed E-state index contributed by atoms with van der Waals surface area (Å²) in [7, 11) is 3.78. The number of aliphatic imine (C=N–C) groups is 1. The summed E-state index contributed by atoms with van der Waals surface area (Å²) in [5.74, 6) is 2.34. The van der Waals surface area contributed by atoms with E-state index in [4.69, 9.17) is 9.47 Å². The van der Waals surface area contributed by atoms with E-state index >= 15 is 0 Å². The van der Waals surface area contributed by atoms with Crippen LogP contribution in [0, 0.1) is 6.92 Å². The minimum Gasteiger partial charge on any atom is -0.454 e. The Labute approximate surface area is 153 Å². The molecule has 0 saturated carbocycles. The minimum atomic E-state index is 0.266. The lowest BCUT2D eigenvalue weighted by molar-refractivity contribution is 0.173. The van der Waals surface area contributed by atoms with Crippen LogP contribution in [0.1, 0.15) is 16.3 Å². The van der Waals surface area contributed by atoms with E-state index < -0.39 is 0 Å². The summed E-state index contributed by atoms with van der Waals surface area (Å²) >= 11 is 5.18. The molecule has 0 fully saturated rings. The van der Waals surface area contributed by atoms with Crippen molar-refractivity contribution in [2.24, 2.45) is 4.99 Å². The lowest BCUT2D eigenvalue weighted by Gasteiger charge is -2.21. The average Bonchev–Trinajstić information content (AvgIpc) is 3.17. The van der Waals surface area contributed by atoms with E-state index in [1.54, 1.807) is 18.4 Å². The summed E-state index contributed by atoms with van der Waals surface area (Å²) in [6.45, 7) is 3.64. The van der Waals surface area contributed by atoms with Gasteiger partial charge in [0.2, 0.25) is 6.79 Å². The maximum absolute atomic E-state index is 5.45. The van der Waals surface area contributed by atoms with Crippen LogP contribution in [0.25, 0.3) is 0 Å². The molecular formula is C16H19BrN4O2S. The molecule has 6 nitrogen and oxygen atoms in total. The molecule has 2 aromatic rings. The van der Waals surface area contributed by atoms with Crippen molar-refractivity contribution in [1.29, 1.82) is 0 Å². The smallest absolute Gasteiger partial charge is 0.231 e. The Morgan fingerprint density at radius 3 is 3.00 bits per heavy atom. The summed E-state index contributed by atoms with van der Waals surface area (Å²) in [6.07, 6.45) is 0. The Kier molecular flexibility index (Phi) is 5.25. The number of ether oxygens (including phenoxy) is 2. The van der Waals surface area contributed by atoms with Gasteiger partial charge in [0.25, 0.3) is 0 Å². The van der Waals surface area contributed by atoms with Crippen LogP contribution in [0.15, 0.2) is 27.0 Å². The third-order valence-electron chi connectivity index (χ3n) is 3.58. The predicted molar refractivity (Wildman–Crippen MR) is 98.8 cm³/mol. The molecule has 0 amide bonds. The van der Waals surface area contributed by atoms with Gasteiger partial charge in [0.05, 0.1) is 21.7 Å². The van der Waals surface area contributed by atoms with E-state index in [0.717, 1.165) is 44.7 Å². The van der Waals surface area contributed by atoms with Crippen LogP contribution in [0.5, 0.6) is 11.5 Å². The van der Waals surface area contributed by atoms with E-state index in [-0.39, 0.29) is 6.79 Å². The van der Waals surface area contributed by atoms with Crippen LogP contribution in [0.2, 0.25) is 0 Å². The van der Waals surface area contributed by atoms with E-state index in [9.17, 15) is 0 Å². The summed E-state index contributed by atoms with van der Waals surface area (Å²) in [5.41, 5.74) is 2.14. The number of hydrogen-bond acceptors (Lipinski definition) is 5. The van der Waals surface area contributed by atoms with Crippen molar-refractivity contribution >= 4 is 33.2 Å². The van der Waals surface area contributed by atoms with Gasteiger partial charge >= 0.3 is 0 Å². The van der Waals surface area contributed by atoms with Crippen LogP contribution in [0.3, 0.4) is 0 Å². The molecule has 128 valence electrons. The van der Waals surface area contributed by atoms with Gasteiger partial charge in [-0.2, -0.15) is 0 Å². The number of benzene rings is 1. The number of halogens is 1. The number of nitrogens with zero attached hydrogens (tertiary/aromatic N) is 3. The van der Waals surface area contributed by atoms with Gasteiger partial charge in [-0.25, -0.2) is 4.98 Å². The number of aromatic nitrogens is 1. The van der Waals surface area contributed by atoms with Crippen LogP contribution in [-0.2, 0) is 13.1 Å². The predicted octanol–water partition coefficient (Wildman–Crippen LogP) is 3.15. The Morgan fingerprint density at radius 1 is 1.46 bits per heavy atom. The van der Waals surface area contributed by atoms with Crippen LogP contribution < -0.4 is 14.8 Å². The van der Waals surface area contributed by atoms with Gasteiger partial charge in [-0.05, 0) is 40.5 Å². The number of nitrogens with one attached hydrogen (secondary N) is 1. The molecule has 0 bridgehead atoms. The molecule has 0 radical (unpaired) electrons. The first kappa shape index (κ1) is 17.0. The largest absolute Gasteiger partial charge is 0.454 e.